The Bertz CT molecular complexity index is 30.9. The number of alkyl halides is 1. The van der Waals surface area contributed by atoms with E-state index < -0.39 is 0 Å². The predicted octanol–water partition coefficient (Wildman–Crippen LogP) is 0.917. The molecule has 0 radical (unpaired) electrons. The van der Waals surface area contributed by atoms with Crippen molar-refractivity contribution in [3.63, 3.8) is 0 Å². The lowest BCUT2D eigenvalue weighted by molar-refractivity contribution is 1.15. The maximum Gasteiger partial charge on any atom is 0.0314 e. The van der Waals surface area contributed by atoms with Crippen LogP contribution in [0.25, 0.3) is 0 Å². The van der Waals surface area contributed by atoms with E-state index in [2.05, 4.69) is 0 Å². The van der Waals surface area contributed by atoms with Crippen molar-refractivity contribution in [1.82, 2.24) is 0 Å². The average Bonchev–Trinajstić information content (AvgIpc) is 1.69. The first kappa shape index (κ1) is 7.60. The van der Waals surface area contributed by atoms with Crippen LogP contribution in [-0.2, 0) is 0 Å². The predicted molar refractivity (Wildman–Crippen MR) is 37.1 cm³/mol. The number of hydrogen-bond donors (Lipinski definition) is 1. The zero-order valence-corrected chi connectivity index (χ0v) is 5.76. The molecule has 0 aliphatic rings. The van der Waals surface area contributed by atoms with Crippen LogP contribution in [-0.4, -0.2) is 23.9 Å². The summed E-state index contributed by atoms with van der Waals surface area (Å²) < 4.78 is 0. The second-order valence-electron chi connectivity index (χ2n) is 1.09. The molecule has 0 bridgehead atoms. The fraction of sp³-hybridized carbons (Fsp3) is 1.00. The molecular formula is C4H10ClNS. The second kappa shape index (κ2) is 6.60. The zero-order chi connectivity index (χ0) is 5.54. The van der Waals surface area contributed by atoms with E-state index in [4.69, 9.17) is 17.3 Å². The van der Waals surface area contributed by atoms with Gasteiger partial charge in [0.2, 0.25) is 0 Å². The number of rotatable bonds is 4. The smallest absolute Gasteiger partial charge is 0.0314 e. The topological polar surface area (TPSA) is 26.0 Å². The van der Waals surface area contributed by atoms with Gasteiger partial charge < -0.3 is 5.73 Å². The van der Waals surface area contributed by atoms with E-state index in [1.165, 1.54) is 0 Å². The van der Waals surface area contributed by atoms with E-state index in [9.17, 15) is 0 Å². The average molecular weight is 140 g/mol. The summed E-state index contributed by atoms with van der Waals surface area (Å²) in [6.07, 6.45) is 0. The van der Waals surface area contributed by atoms with E-state index >= 15 is 0 Å². The molecule has 0 unspecified atom stereocenters. The first-order valence-corrected chi connectivity index (χ1v) is 3.94. The van der Waals surface area contributed by atoms with Gasteiger partial charge in [0.25, 0.3) is 0 Å². The third-order valence-corrected chi connectivity index (χ3v) is 1.91. The summed E-state index contributed by atoms with van der Waals surface area (Å²) in [4.78, 5) is 0. The monoisotopic (exact) mass is 139 g/mol. The minimum atomic E-state index is 0.741. The van der Waals surface area contributed by atoms with Crippen molar-refractivity contribution >= 4 is 23.4 Å². The summed E-state index contributed by atoms with van der Waals surface area (Å²) in [6.45, 7) is 0.765. The molecule has 7 heavy (non-hydrogen) atoms. The highest BCUT2D eigenvalue weighted by molar-refractivity contribution is 7.99. The standard InChI is InChI=1S/C4H10ClNS/c5-1-3-7-4-2-6/h1-4,6H2. The lowest BCUT2D eigenvalue weighted by Crippen LogP contribution is -2.01. The highest BCUT2D eigenvalue weighted by Gasteiger charge is 1.81. The van der Waals surface area contributed by atoms with Crippen LogP contribution in [0.3, 0.4) is 0 Å². The maximum atomic E-state index is 5.38. The minimum absolute atomic E-state index is 0.741. The van der Waals surface area contributed by atoms with Crippen LogP contribution in [0, 0.1) is 0 Å². The molecule has 0 spiro atoms. The molecule has 0 saturated heterocycles. The fourth-order valence-corrected chi connectivity index (χ4v) is 1.05. The molecule has 44 valence electrons. The van der Waals surface area contributed by atoms with Crippen molar-refractivity contribution in [2.75, 3.05) is 23.9 Å². The van der Waals surface area contributed by atoms with Crippen LogP contribution in [0.2, 0.25) is 0 Å². The van der Waals surface area contributed by atoms with Crippen molar-refractivity contribution < 1.29 is 0 Å². The molecular weight excluding hydrogens is 130 g/mol. The van der Waals surface area contributed by atoms with Gasteiger partial charge in [0.05, 0.1) is 0 Å². The van der Waals surface area contributed by atoms with E-state index in [0.29, 0.717) is 0 Å². The van der Waals surface area contributed by atoms with E-state index in [1.807, 2.05) is 0 Å². The summed E-state index contributed by atoms with van der Waals surface area (Å²) >= 11 is 7.17. The Labute approximate surface area is 53.6 Å². The number of hydrogen-bond acceptors (Lipinski definition) is 2. The molecule has 0 atom stereocenters. The van der Waals surface area contributed by atoms with Gasteiger partial charge in [0.1, 0.15) is 0 Å². The normalized spacial score (nSPS) is 9.43. The first-order valence-electron chi connectivity index (χ1n) is 2.25. The molecule has 0 fully saturated rings. The Kier molecular flexibility index (Phi) is 7.17. The largest absolute Gasteiger partial charge is 0.330 e. The molecule has 0 rings (SSSR count). The highest BCUT2D eigenvalue weighted by atomic mass is 35.5. The Balaban J connectivity index is 2.45. The van der Waals surface area contributed by atoms with E-state index in [0.717, 1.165) is 23.9 Å². The molecule has 0 aromatic rings. The lowest BCUT2D eigenvalue weighted by atomic mass is 10.8. The van der Waals surface area contributed by atoms with Crippen LogP contribution in [0.15, 0.2) is 0 Å². The van der Waals surface area contributed by atoms with Crippen LogP contribution in [0.5, 0.6) is 0 Å². The Morgan fingerprint density at radius 2 is 2.14 bits per heavy atom. The van der Waals surface area contributed by atoms with Crippen molar-refractivity contribution in [2.24, 2.45) is 5.73 Å². The van der Waals surface area contributed by atoms with Gasteiger partial charge >= 0.3 is 0 Å². The first-order chi connectivity index (χ1) is 3.41. The number of halogens is 1. The second-order valence-corrected chi connectivity index (χ2v) is 2.69. The van der Waals surface area contributed by atoms with Gasteiger partial charge in [-0.05, 0) is 0 Å². The van der Waals surface area contributed by atoms with Crippen molar-refractivity contribution in [3.05, 3.63) is 0 Å². The molecule has 0 aliphatic carbocycles. The third-order valence-electron chi connectivity index (χ3n) is 0.484. The molecule has 0 aromatic heterocycles. The summed E-state index contributed by atoms with van der Waals surface area (Å²) in [5, 5.41) is 0. The van der Waals surface area contributed by atoms with Gasteiger partial charge in [-0.3, -0.25) is 0 Å². The Hall–Kier alpha value is 0.600. The summed E-state index contributed by atoms with van der Waals surface area (Å²) in [5.41, 5.74) is 5.21. The van der Waals surface area contributed by atoms with Gasteiger partial charge in [-0.25, -0.2) is 0 Å². The molecule has 0 amide bonds. The Morgan fingerprint density at radius 3 is 2.57 bits per heavy atom. The maximum absolute atomic E-state index is 5.38. The van der Waals surface area contributed by atoms with Crippen molar-refractivity contribution in [3.8, 4) is 0 Å². The van der Waals surface area contributed by atoms with Gasteiger partial charge in [-0.2, -0.15) is 11.8 Å². The van der Waals surface area contributed by atoms with E-state index in [1.54, 1.807) is 11.8 Å². The van der Waals surface area contributed by atoms with Crippen LogP contribution < -0.4 is 5.73 Å². The van der Waals surface area contributed by atoms with Crippen molar-refractivity contribution in [2.45, 2.75) is 0 Å². The van der Waals surface area contributed by atoms with Gasteiger partial charge in [-0.15, -0.1) is 11.6 Å². The quantitative estimate of drug-likeness (QED) is 0.463. The van der Waals surface area contributed by atoms with Crippen LogP contribution >= 0.6 is 23.4 Å². The summed E-state index contributed by atoms with van der Waals surface area (Å²) in [5.74, 6) is 2.80. The SMILES string of the molecule is NCCSCCCl. The molecule has 0 aliphatic heterocycles. The molecule has 2 N–H and O–H groups in total. The van der Waals surface area contributed by atoms with Gasteiger partial charge in [0.15, 0.2) is 0 Å². The molecule has 0 saturated carbocycles. The number of thioether (sulfide) groups is 1. The molecule has 0 aromatic carbocycles. The molecule has 3 heteroatoms. The Morgan fingerprint density at radius 1 is 1.43 bits per heavy atom. The van der Waals surface area contributed by atoms with Gasteiger partial charge in [-0.1, -0.05) is 0 Å². The molecule has 0 heterocycles. The summed E-state index contributed by atoms with van der Waals surface area (Å²) in [6, 6.07) is 0. The van der Waals surface area contributed by atoms with Crippen LogP contribution in [0.4, 0.5) is 0 Å². The summed E-state index contributed by atoms with van der Waals surface area (Å²) in [7, 11) is 0. The fourth-order valence-electron chi connectivity index (χ4n) is 0.240. The van der Waals surface area contributed by atoms with Crippen LogP contribution in [0.1, 0.15) is 0 Å². The lowest BCUT2D eigenvalue weighted by Gasteiger charge is -1.90. The molecule has 1 nitrogen and oxygen atoms in total. The minimum Gasteiger partial charge on any atom is -0.330 e. The van der Waals surface area contributed by atoms with Gasteiger partial charge in [0, 0.05) is 23.9 Å². The zero-order valence-electron chi connectivity index (χ0n) is 4.19. The number of nitrogens with two attached hydrogens (primary N) is 1. The third kappa shape index (κ3) is 6.60. The van der Waals surface area contributed by atoms with Crippen molar-refractivity contribution in [1.29, 1.82) is 0 Å². The highest BCUT2D eigenvalue weighted by Crippen LogP contribution is 1.96. The van der Waals surface area contributed by atoms with E-state index in [-0.39, 0.29) is 0 Å².